The largest absolute Gasteiger partial charge is 0.748 e. The smallest absolute Gasteiger partial charge is 0.223 e. The monoisotopic (exact) mass is 544 g/mol. The van der Waals surface area contributed by atoms with Gasteiger partial charge in [0.15, 0.2) is 5.71 Å². The molecule has 204 valence electrons. The van der Waals surface area contributed by atoms with Gasteiger partial charge in [-0.25, -0.2) is 8.42 Å². The van der Waals surface area contributed by atoms with Crippen LogP contribution in [0, 0.1) is 0 Å². The summed E-state index contributed by atoms with van der Waals surface area (Å²) in [6.45, 7) is 7.23. The summed E-state index contributed by atoms with van der Waals surface area (Å²) >= 11 is 0. The van der Waals surface area contributed by atoms with Crippen molar-refractivity contribution in [2.75, 3.05) is 23.7 Å². The van der Waals surface area contributed by atoms with Crippen molar-refractivity contribution < 1.29 is 22.3 Å². The van der Waals surface area contributed by atoms with Crippen LogP contribution in [-0.4, -0.2) is 48.0 Å². The Morgan fingerprint density at radius 3 is 2.41 bits per heavy atom. The van der Waals surface area contributed by atoms with Crippen LogP contribution >= 0.6 is 0 Å². The molecule has 0 aliphatic carbocycles. The second-order valence-electron chi connectivity index (χ2n) is 10.4. The first-order chi connectivity index (χ1) is 18.6. The maximum Gasteiger partial charge on any atom is 0.223 e. The molecule has 0 unspecified atom stereocenters. The molecule has 3 aromatic rings. The van der Waals surface area contributed by atoms with Gasteiger partial charge >= 0.3 is 0 Å². The van der Waals surface area contributed by atoms with E-state index in [-0.39, 0.29) is 17.1 Å². The number of hydrogen-bond donors (Lipinski definition) is 0. The van der Waals surface area contributed by atoms with Crippen molar-refractivity contribution in [1.82, 2.24) is 0 Å². The average Bonchev–Trinajstić information content (AvgIpc) is 3.11. The number of benzene rings is 3. The number of allylic oxidation sites excluding steroid dienone is 3. The van der Waals surface area contributed by atoms with Crippen molar-refractivity contribution >= 4 is 43.9 Å². The number of anilines is 1. The lowest BCUT2D eigenvalue weighted by atomic mass is 9.79. The van der Waals surface area contributed by atoms with Gasteiger partial charge in [0.25, 0.3) is 0 Å². The van der Waals surface area contributed by atoms with Crippen LogP contribution in [0.4, 0.5) is 11.4 Å². The van der Waals surface area contributed by atoms with Crippen LogP contribution in [-0.2, 0) is 20.3 Å². The van der Waals surface area contributed by atoms with Gasteiger partial charge in [-0.1, -0.05) is 60.7 Å². The predicted molar refractivity (Wildman–Crippen MR) is 158 cm³/mol. The lowest BCUT2D eigenvalue weighted by Gasteiger charge is -2.20. The molecule has 0 radical (unpaired) electrons. The Bertz CT molecular complexity index is 1540. The van der Waals surface area contributed by atoms with E-state index in [0.717, 1.165) is 23.5 Å². The second kappa shape index (κ2) is 12.1. The molecule has 6 nitrogen and oxygen atoms in total. The number of para-hydroxylation sites is 1. The zero-order valence-corrected chi connectivity index (χ0v) is 23.7. The SMILES string of the molecule is CC(=O)N(CC/C=C/C=C/C1=[N+](CCCCS(=O)(=O)[O-])c2ccc3ccccc3c2C1(C)C)c1ccccc1. The molecule has 3 aromatic carbocycles. The number of rotatable bonds is 11. The Morgan fingerprint density at radius 1 is 0.974 bits per heavy atom. The first kappa shape index (κ1) is 28.5. The van der Waals surface area contributed by atoms with Gasteiger partial charge in [0.1, 0.15) is 6.54 Å². The van der Waals surface area contributed by atoms with E-state index in [4.69, 9.17) is 0 Å². The Labute approximate surface area is 231 Å². The molecular formula is C32H36N2O4S. The van der Waals surface area contributed by atoms with Crippen molar-refractivity contribution in [2.24, 2.45) is 0 Å². The highest BCUT2D eigenvalue weighted by Gasteiger charge is 2.45. The van der Waals surface area contributed by atoms with Gasteiger partial charge < -0.3 is 9.45 Å². The summed E-state index contributed by atoms with van der Waals surface area (Å²) in [5.74, 6) is -0.331. The molecule has 0 fully saturated rings. The number of carbonyl (C=O) groups is 1. The summed E-state index contributed by atoms with van der Waals surface area (Å²) in [4.78, 5) is 13.9. The van der Waals surface area contributed by atoms with Crippen LogP contribution in [0.5, 0.6) is 0 Å². The third-order valence-electron chi connectivity index (χ3n) is 7.25. The third kappa shape index (κ3) is 6.72. The molecule has 39 heavy (non-hydrogen) atoms. The Morgan fingerprint density at radius 2 is 1.69 bits per heavy atom. The molecule has 1 amide bonds. The van der Waals surface area contributed by atoms with Crippen molar-refractivity contribution in [1.29, 1.82) is 0 Å². The number of nitrogens with zero attached hydrogens (tertiary/aromatic N) is 2. The zero-order valence-electron chi connectivity index (χ0n) is 22.8. The molecule has 0 spiro atoms. The van der Waals surface area contributed by atoms with Gasteiger partial charge in [-0.2, -0.15) is 4.58 Å². The van der Waals surface area contributed by atoms with Crippen molar-refractivity contribution in [3.63, 3.8) is 0 Å². The number of hydrogen-bond acceptors (Lipinski definition) is 4. The Balaban J connectivity index is 1.55. The summed E-state index contributed by atoms with van der Waals surface area (Å²) in [6.07, 6.45) is 9.86. The van der Waals surface area contributed by atoms with Crippen LogP contribution in [0.15, 0.2) is 91.0 Å². The summed E-state index contributed by atoms with van der Waals surface area (Å²) in [7, 11) is -4.22. The quantitative estimate of drug-likeness (QED) is 0.126. The van der Waals surface area contributed by atoms with E-state index in [2.05, 4.69) is 60.9 Å². The van der Waals surface area contributed by atoms with E-state index >= 15 is 0 Å². The fraction of sp³-hybridized carbons (Fsp3) is 0.312. The molecule has 0 saturated carbocycles. The molecule has 1 aliphatic heterocycles. The van der Waals surface area contributed by atoms with Crippen LogP contribution < -0.4 is 4.90 Å². The minimum atomic E-state index is -4.22. The second-order valence-corrected chi connectivity index (χ2v) is 11.9. The van der Waals surface area contributed by atoms with Crippen LogP contribution in [0.25, 0.3) is 10.8 Å². The van der Waals surface area contributed by atoms with Gasteiger partial charge in [0.05, 0.1) is 15.5 Å². The third-order valence-corrected chi connectivity index (χ3v) is 8.04. The lowest BCUT2D eigenvalue weighted by molar-refractivity contribution is -0.438. The minimum absolute atomic E-state index is 0.0128. The molecule has 1 heterocycles. The molecule has 0 aromatic heterocycles. The molecule has 0 saturated heterocycles. The highest BCUT2D eigenvalue weighted by molar-refractivity contribution is 7.85. The van der Waals surface area contributed by atoms with Gasteiger partial charge in [-0.15, -0.1) is 0 Å². The Kier molecular flexibility index (Phi) is 8.83. The van der Waals surface area contributed by atoms with E-state index in [1.165, 1.54) is 16.3 Å². The molecule has 7 heteroatoms. The van der Waals surface area contributed by atoms with E-state index in [1.807, 2.05) is 48.6 Å². The summed E-state index contributed by atoms with van der Waals surface area (Å²) in [5.41, 5.74) is 4.11. The summed E-state index contributed by atoms with van der Waals surface area (Å²) < 4.78 is 35.6. The van der Waals surface area contributed by atoms with Crippen LogP contribution in [0.2, 0.25) is 0 Å². The number of unbranched alkanes of at least 4 members (excludes halogenated alkanes) is 1. The molecule has 0 bridgehead atoms. The number of fused-ring (bicyclic) bond motifs is 3. The highest BCUT2D eigenvalue weighted by Crippen LogP contribution is 2.44. The average molecular weight is 545 g/mol. The van der Waals surface area contributed by atoms with E-state index in [1.54, 1.807) is 11.8 Å². The zero-order chi connectivity index (χ0) is 28.0. The predicted octanol–water partition coefficient (Wildman–Crippen LogP) is 6.10. The maximum absolute atomic E-state index is 12.1. The molecule has 1 aliphatic rings. The maximum atomic E-state index is 12.1. The minimum Gasteiger partial charge on any atom is -0.748 e. The van der Waals surface area contributed by atoms with Gasteiger partial charge in [-0.05, 0) is 55.7 Å². The van der Waals surface area contributed by atoms with E-state index < -0.39 is 10.1 Å². The first-order valence-corrected chi connectivity index (χ1v) is 14.9. The first-order valence-electron chi connectivity index (χ1n) is 13.4. The van der Waals surface area contributed by atoms with Crippen molar-refractivity contribution in [3.8, 4) is 0 Å². The molecule has 4 rings (SSSR count). The van der Waals surface area contributed by atoms with E-state index in [9.17, 15) is 17.8 Å². The fourth-order valence-electron chi connectivity index (χ4n) is 5.43. The molecular weight excluding hydrogens is 508 g/mol. The van der Waals surface area contributed by atoms with Gasteiger partial charge in [0, 0.05) is 49.0 Å². The highest BCUT2D eigenvalue weighted by atomic mass is 32.2. The van der Waals surface area contributed by atoms with Gasteiger partial charge in [0.2, 0.25) is 11.6 Å². The summed E-state index contributed by atoms with van der Waals surface area (Å²) in [5, 5.41) is 2.39. The molecule has 0 atom stereocenters. The standard InChI is InChI=1S/C32H36N2O4S/c1-25(35)33(27-16-7-6-8-17-27)22-12-5-4-9-19-30-32(2,3)31-28-18-11-10-15-26(28)20-21-29(31)34(30)23-13-14-24-39(36,37)38/h4-11,15-21H,12-14,22-24H2,1-3H3/b5-4+,19-9+. The lowest BCUT2D eigenvalue weighted by Crippen LogP contribution is -2.29. The van der Waals surface area contributed by atoms with Crippen molar-refractivity contribution in [3.05, 3.63) is 96.6 Å². The van der Waals surface area contributed by atoms with Crippen molar-refractivity contribution in [2.45, 2.75) is 45.4 Å². The van der Waals surface area contributed by atoms with Gasteiger partial charge in [-0.3, -0.25) is 4.79 Å². The number of amides is 1. The van der Waals surface area contributed by atoms with E-state index in [0.29, 0.717) is 25.9 Å². The topological polar surface area (TPSA) is 80.5 Å². The van der Waals surface area contributed by atoms with Crippen LogP contribution in [0.1, 0.15) is 45.6 Å². The molecule has 0 N–H and O–H groups in total. The van der Waals surface area contributed by atoms with Crippen LogP contribution in [0.3, 0.4) is 0 Å². The normalized spacial score (nSPS) is 15.0. The summed E-state index contributed by atoms with van der Waals surface area (Å²) in [6, 6.07) is 22.3. The Hall–Kier alpha value is -3.55. The number of carbonyl (C=O) groups excluding carboxylic acids is 1. The fourth-order valence-corrected chi connectivity index (χ4v) is 5.98.